The standard InChI is InChI=1S/C17H26N2O2/c1-21-16-6-4-15(5-7-16)17(20)13-19-10-8-18(9-11-19)12-14-2-3-14/h4-7,14,17,20H,2-3,8-13H2,1H3. The highest BCUT2D eigenvalue weighted by Gasteiger charge is 2.26. The summed E-state index contributed by atoms with van der Waals surface area (Å²) in [6.45, 7) is 6.44. The second kappa shape index (κ2) is 6.77. The lowest BCUT2D eigenvalue weighted by molar-refractivity contribution is 0.0710. The Kier molecular flexibility index (Phi) is 4.78. The summed E-state index contributed by atoms with van der Waals surface area (Å²) >= 11 is 0. The van der Waals surface area contributed by atoms with E-state index in [1.807, 2.05) is 24.3 Å². The van der Waals surface area contributed by atoms with Crippen LogP contribution < -0.4 is 4.74 Å². The van der Waals surface area contributed by atoms with Crippen LogP contribution in [0.15, 0.2) is 24.3 Å². The van der Waals surface area contributed by atoms with Crippen LogP contribution >= 0.6 is 0 Å². The van der Waals surface area contributed by atoms with E-state index in [-0.39, 0.29) is 0 Å². The van der Waals surface area contributed by atoms with Crippen molar-refractivity contribution >= 4 is 0 Å². The lowest BCUT2D eigenvalue weighted by Crippen LogP contribution is -2.47. The number of β-amino-alcohol motifs (C(OH)–C–C–N with tert-alkyl or cyclic N) is 1. The first kappa shape index (κ1) is 14.8. The van der Waals surface area contributed by atoms with Crippen LogP contribution in [0.1, 0.15) is 24.5 Å². The second-order valence-electron chi connectivity index (χ2n) is 6.33. The molecular formula is C17H26N2O2. The fraction of sp³-hybridized carbons (Fsp3) is 0.647. The summed E-state index contributed by atoms with van der Waals surface area (Å²) in [5.41, 5.74) is 0.969. The van der Waals surface area contributed by atoms with Gasteiger partial charge in [0.15, 0.2) is 0 Å². The Bertz CT molecular complexity index is 437. The van der Waals surface area contributed by atoms with E-state index in [4.69, 9.17) is 4.74 Å². The summed E-state index contributed by atoms with van der Waals surface area (Å²) < 4.78 is 5.15. The maximum absolute atomic E-state index is 10.4. The molecule has 116 valence electrons. The SMILES string of the molecule is COc1ccc(C(O)CN2CCN(CC3CC3)CC2)cc1. The predicted octanol–water partition coefficient (Wildman–Crippen LogP) is 1.76. The zero-order chi connectivity index (χ0) is 14.7. The van der Waals surface area contributed by atoms with Crippen LogP contribution in [0.2, 0.25) is 0 Å². The average Bonchev–Trinajstić information content (AvgIpc) is 3.33. The summed E-state index contributed by atoms with van der Waals surface area (Å²) in [5, 5.41) is 10.4. The van der Waals surface area contributed by atoms with E-state index < -0.39 is 6.10 Å². The van der Waals surface area contributed by atoms with Gasteiger partial charge in [0.25, 0.3) is 0 Å². The molecule has 21 heavy (non-hydrogen) atoms. The van der Waals surface area contributed by atoms with Crippen LogP contribution in [0.5, 0.6) is 5.75 Å². The first-order valence-corrected chi connectivity index (χ1v) is 8.01. The molecular weight excluding hydrogens is 264 g/mol. The number of benzene rings is 1. The molecule has 1 aromatic rings. The van der Waals surface area contributed by atoms with E-state index in [1.54, 1.807) is 7.11 Å². The largest absolute Gasteiger partial charge is 0.497 e. The Labute approximate surface area is 127 Å². The molecule has 4 heteroatoms. The molecule has 1 saturated carbocycles. The zero-order valence-corrected chi connectivity index (χ0v) is 12.9. The van der Waals surface area contributed by atoms with E-state index in [1.165, 1.54) is 19.4 Å². The van der Waals surface area contributed by atoms with Crippen molar-refractivity contribution in [1.82, 2.24) is 9.80 Å². The lowest BCUT2D eigenvalue weighted by Gasteiger charge is -2.35. The molecule has 1 aliphatic carbocycles. The van der Waals surface area contributed by atoms with Crippen LogP contribution in [-0.4, -0.2) is 61.3 Å². The number of piperazine rings is 1. The Balaban J connectivity index is 1.45. The van der Waals surface area contributed by atoms with Crippen LogP contribution in [0.4, 0.5) is 0 Å². The summed E-state index contributed by atoms with van der Waals surface area (Å²) in [7, 11) is 1.66. The van der Waals surface area contributed by atoms with E-state index in [0.29, 0.717) is 0 Å². The van der Waals surface area contributed by atoms with Gasteiger partial charge in [0, 0.05) is 39.3 Å². The molecule has 4 nitrogen and oxygen atoms in total. The normalized spacial score (nSPS) is 22.2. The van der Waals surface area contributed by atoms with Gasteiger partial charge in [-0.15, -0.1) is 0 Å². The molecule has 0 amide bonds. The van der Waals surface area contributed by atoms with Crippen LogP contribution in [-0.2, 0) is 0 Å². The first-order valence-electron chi connectivity index (χ1n) is 8.01. The van der Waals surface area contributed by atoms with Crippen LogP contribution in [0.25, 0.3) is 0 Å². The maximum atomic E-state index is 10.4. The van der Waals surface area contributed by atoms with Gasteiger partial charge in [0.05, 0.1) is 13.2 Å². The van der Waals surface area contributed by atoms with Gasteiger partial charge in [-0.1, -0.05) is 12.1 Å². The van der Waals surface area contributed by atoms with Gasteiger partial charge < -0.3 is 14.7 Å². The summed E-state index contributed by atoms with van der Waals surface area (Å²) in [6.07, 6.45) is 2.44. The highest BCUT2D eigenvalue weighted by Crippen LogP contribution is 2.30. The van der Waals surface area contributed by atoms with Gasteiger partial charge >= 0.3 is 0 Å². The number of aliphatic hydroxyl groups excluding tert-OH is 1. The number of methoxy groups -OCH3 is 1. The average molecular weight is 290 g/mol. The van der Waals surface area contributed by atoms with Gasteiger partial charge in [0.1, 0.15) is 5.75 Å². The third-order valence-electron chi connectivity index (χ3n) is 4.61. The van der Waals surface area contributed by atoms with Gasteiger partial charge in [-0.3, -0.25) is 4.90 Å². The molecule has 1 aliphatic heterocycles. The van der Waals surface area contributed by atoms with E-state index >= 15 is 0 Å². The summed E-state index contributed by atoms with van der Waals surface area (Å²) in [6, 6.07) is 7.72. The summed E-state index contributed by atoms with van der Waals surface area (Å²) in [5.74, 6) is 1.81. The minimum absolute atomic E-state index is 0.411. The quantitative estimate of drug-likeness (QED) is 0.866. The molecule has 3 rings (SSSR count). The third-order valence-corrected chi connectivity index (χ3v) is 4.61. The van der Waals surface area contributed by atoms with Crippen molar-refractivity contribution in [3.05, 3.63) is 29.8 Å². The molecule has 2 fully saturated rings. The maximum Gasteiger partial charge on any atom is 0.118 e. The molecule has 1 heterocycles. The van der Waals surface area contributed by atoms with Crippen molar-refractivity contribution in [2.24, 2.45) is 5.92 Å². The molecule has 0 bridgehead atoms. The molecule has 1 saturated heterocycles. The van der Waals surface area contributed by atoms with Crippen molar-refractivity contribution in [3.8, 4) is 5.75 Å². The zero-order valence-electron chi connectivity index (χ0n) is 12.9. The lowest BCUT2D eigenvalue weighted by atomic mass is 10.1. The van der Waals surface area contributed by atoms with Crippen molar-refractivity contribution < 1.29 is 9.84 Å². The number of ether oxygens (including phenoxy) is 1. The molecule has 0 radical (unpaired) electrons. The van der Waals surface area contributed by atoms with Crippen molar-refractivity contribution in [2.75, 3.05) is 46.4 Å². The number of aliphatic hydroxyl groups is 1. The fourth-order valence-electron chi connectivity index (χ4n) is 3.00. The first-order chi connectivity index (χ1) is 10.2. The van der Waals surface area contributed by atoms with E-state index in [2.05, 4.69) is 9.80 Å². The fourth-order valence-corrected chi connectivity index (χ4v) is 3.00. The minimum atomic E-state index is -0.411. The Morgan fingerprint density at radius 3 is 2.29 bits per heavy atom. The smallest absolute Gasteiger partial charge is 0.118 e. The molecule has 1 unspecified atom stereocenters. The van der Waals surface area contributed by atoms with Gasteiger partial charge in [0.2, 0.25) is 0 Å². The number of nitrogens with zero attached hydrogens (tertiary/aromatic N) is 2. The van der Waals surface area contributed by atoms with Crippen LogP contribution in [0, 0.1) is 5.92 Å². The monoisotopic (exact) mass is 290 g/mol. The molecule has 1 N–H and O–H groups in total. The van der Waals surface area contributed by atoms with Crippen molar-refractivity contribution in [3.63, 3.8) is 0 Å². The number of hydrogen-bond donors (Lipinski definition) is 1. The Hall–Kier alpha value is -1.10. The molecule has 1 atom stereocenters. The van der Waals surface area contributed by atoms with Crippen LogP contribution in [0.3, 0.4) is 0 Å². The highest BCUT2D eigenvalue weighted by atomic mass is 16.5. The molecule has 1 aromatic carbocycles. The predicted molar refractivity (Wildman–Crippen MR) is 83.6 cm³/mol. The molecule has 0 spiro atoms. The van der Waals surface area contributed by atoms with Crippen molar-refractivity contribution in [2.45, 2.75) is 18.9 Å². The topological polar surface area (TPSA) is 35.9 Å². The van der Waals surface area contributed by atoms with Gasteiger partial charge in [-0.2, -0.15) is 0 Å². The van der Waals surface area contributed by atoms with Crippen molar-refractivity contribution in [1.29, 1.82) is 0 Å². The number of rotatable bonds is 6. The van der Waals surface area contributed by atoms with E-state index in [0.717, 1.165) is 50.0 Å². The highest BCUT2D eigenvalue weighted by molar-refractivity contribution is 5.28. The van der Waals surface area contributed by atoms with Gasteiger partial charge in [-0.25, -0.2) is 0 Å². The molecule has 0 aromatic heterocycles. The third kappa shape index (κ3) is 4.19. The van der Waals surface area contributed by atoms with E-state index in [9.17, 15) is 5.11 Å². The Morgan fingerprint density at radius 1 is 1.10 bits per heavy atom. The minimum Gasteiger partial charge on any atom is -0.497 e. The van der Waals surface area contributed by atoms with Gasteiger partial charge in [-0.05, 0) is 36.5 Å². The number of hydrogen-bond acceptors (Lipinski definition) is 4. The Morgan fingerprint density at radius 2 is 1.71 bits per heavy atom. The molecule has 2 aliphatic rings. The summed E-state index contributed by atoms with van der Waals surface area (Å²) in [4.78, 5) is 4.95. The second-order valence-corrected chi connectivity index (χ2v) is 6.33.